The van der Waals surface area contributed by atoms with E-state index < -0.39 is 11.8 Å². The van der Waals surface area contributed by atoms with Crippen molar-refractivity contribution in [3.8, 4) is 0 Å². The number of benzene rings is 1. The fourth-order valence-electron chi connectivity index (χ4n) is 2.23. The Labute approximate surface area is 138 Å². The first-order valence-corrected chi connectivity index (χ1v) is 7.63. The van der Waals surface area contributed by atoms with Gasteiger partial charge in [0.1, 0.15) is 0 Å². The summed E-state index contributed by atoms with van der Waals surface area (Å²) in [7, 11) is 0. The maximum absolute atomic E-state index is 12.2. The van der Waals surface area contributed by atoms with E-state index in [0.717, 1.165) is 12.8 Å². The molecule has 1 aliphatic rings. The standard InChI is InChI=1S/C14H18F2N2O2S.ClH/c15-14(16)21-11-3-1-10(2-4-11)18-13(19)12(17)9-5-7-20-8-6-9;/h1-4,9,12,14H,5-8,17H2,(H,18,19);1H. The Hall–Kier alpha value is -0.890. The third kappa shape index (κ3) is 5.72. The van der Waals surface area contributed by atoms with Crippen molar-refractivity contribution in [2.24, 2.45) is 11.7 Å². The van der Waals surface area contributed by atoms with Gasteiger partial charge in [0.2, 0.25) is 5.91 Å². The zero-order chi connectivity index (χ0) is 15.2. The molecule has 22 heavy (non-hydrogen) atoms. The number of hydrogen-bond acceptors (Lipinski definition) is 4. The summed E-state index contributed by atoms with van der Waals surface area (Å²) in [5.74, 6) is -2.59. The molecular formula is C14H19ClF2N2O2S. The Balaban J connectivity index is 0.00000242. The Morgan fingerprint density at radius 1 is 1.27 bits per heavy atom. The summed E-state index contributed by atoms with van der Waals surface area (Å²) in [4.78, 5) is 12.5. The predicted octanol–water partition coefficient (Wildman–Crippen LogP) is 3.12. The molecule has 4 nitrogen and oxygen atoms in total. The van der Waals surface area contributed by atoms with Crippen LogP contribution in [-0.4, -0.2) is 30.9 Å². The second kappa shape index (κ2) is 9.29. The number of nitrogens with two attached hydrogens (primary N) is 1. The molecule has 0 saturated carbocycles. The van der Waals surface area contributed by atoms with Gasteiger partial charge < -0.3 is 15.8 Å². The molecule has 1 heterocycles. The van der Waals surface area contributed by atoms with E-state index in [0.29, 0.717) is 35.6 Å². The molecule has 1 aromatic rings. The van der Waals surface area contributed by atoms with Gasteiger partial charge in [-0.15, -0.1) is 12.4 Å². The molecule has 8 heteroatoms. The van der Waals surface area contributed by atoms with Crippen LogP contribution in [0.2, 0.25) is 0 Å². The first-order valence-electron chi connectivity index (χ1n) is 6.75. The fraction of sp³-hybridized carbons (Fsp3) is 0.500. The van der Waals surface area contributed by atoms with E-state index in [1.165, 1.54) is 0 Å². The van der Waals surface area contributed by atoms with Crippen LogP contribution in [0.5, 0.6) is 0 Å². The fourth-order valence-corrected chi connectivity index (χ4v) is 2.73. The van der Waals surface area contributed by atoms with Gasteiger partial charge in [0, 0.05) is 23.8 Å². The van der Waals surface area contributed by atoms with Crippen molar-refractivity contribution < 1.29 is 18.3 Å². The van der Waals surface area contributed by atoms with E-state index in [1.807, 2.05) is 0 Å². The van der Waals surface area contributed by atoms with Crippen LogP contribution in [0.15, 0.2) is 29.2 Å². The molecule has 3 N–H and O–H groups in total. The first kappa shape index (κ1) is 19.2. The van der Waals surface area contributed by atoms with Crippen LogP contribution in [0.1, 0.15) is 12.8 Å². The highest BCUT2D eigenvalue weighted by Crippen LogP contribution is 2.26. The zero-order valence-corrected chi connectivity index (χ0v) is 13.5. The number of alkyl halides is 2. The zero-order valence-electron chi connectivity index (χ0n) is 11.8. The SMILES string of the molecule is Cl.NC(C(=O)Nc1ccc(SC(F)F)cc1)C1CCOCC1. The van der Waals surface area contributed by atoms with Crippen molar-refractivity contribution in [1.29, 1.82) is 0 Å². The van der Waals surface area contributed by atoms with Gasteiger partial charge in [0.15, 0.2) is 0 Å². The van der Waals surface area contributed by atoms with Gasteiger partial charge in [-0.05, 0) is 43.0 Å². The molecule has 1 amide bonds. The van der Waals surface area contributed by atoms with E-state index in [2.05, 4.69) is 5.32 Å². The largest absolute Gasteiger partial charge is 0.381 e. The lowest BCUT2D eigenvalue weighted by molar-refractivity contribution is -0.119. The van der Waals surface area contributed by atoms with Crippen LogP contribution in [0, 0.1) is 5.92 Å². The monoisotopic (exact) mass is 352 g/mol. The molecule has 2 rings (SSSR count). The number of carbonyl (C=O) groups is 1. The summed E-state index contributed by atoms with van der Waals surface area (Å²) < 4.78 is 29.7. The van der Waals surface area contributed by atoms with E-state index in [9.17, 15) is 13.6 Å². The number of anilines is 1. The molecular weight excluding hydrogens is 334 g/mol. The van der Waals surface area contributed by atoms with Gasteiger partial charge in [0.25, 0.3) is 5.76 Å². The minimum absolute atomic E-state index is 0. The van der Waals surface area contributed by atoms with Gasteiger partial charge in [-0.25, -0.2) is 0 Å². The number of halogens is 3. The van der Waals surface area contributed by atoms with Crippen LogP contribution < -0.4 is 11.1 Å². The number of nitrogens with one attached hydrogen (secondary N) is 1. The highest BCUT2D eigenvalue weighted by atomic mass is 35.5. The van der Waals surface area contributed by atoms with E-state index in [1.54, 1.807) is 24.3 Å². The van der Waals surface area contributed by atoms with Crippen LogP contribution in [0.4, 0.5) is 14.5 Å². The van der Waals surface area contributed by atoms with Crippen molar-refractivity contribution in [3.63, 3.8) is 0 Å². The number of carbonyl (C=O) groups excluding carboxylic acids is 1. The average molecular weight is 353 g/mol. The molecule has 0 radical (unpaired) electrons. The van der Waals surface area contributed by atoms with Crippen molar-refractivity contribution in [2.75, 3.05) is 18.5 Å². The summed E-state index contributed by atoms with van der Waals surface area (Å²) >= 11 is 0.470. The number of ether oxygens (including phenoxy) is 1. The quantitative estimate of drug-likeness (QED) is 0.799. The van der Waals surface area contributed by atoms with E-state index >= 15 is 0 Å². The molecule has 1 aromatic carbocycles. The Bertz CT molecular complexity index is 470. The summed E-state index contributed by atoms with van der Waals surface area (Å²) in [6, 6.07) is 5.71. The highest BCUT2D eigenvalue weighted by Gasteiger charge is 2.26. The van der Waals surface area contributed by atoms with Crippen LogP contribution >= 0.6 is 24.2 Å². The maximum atomic E-state index is 12.2. The first-order chi connectivity index (χ1) is 10.1. The maximum Gasteiger partial charge on any atom is 0.288 e. The topological polar surface area (TPSA) is 64.4 Å². The lowest BCUT2D eigenvalue weighted by Crippen LogP contribution is -2.43. The second-order valence-electron chi connectivity index (χ2n) is 4.87. The van der Waals surface area contributed by atoms with Crippen LogP contribution in [0.3, 0.4) is 0 Å². The molecule has 124 valence electrons. The summed E-state index contributed by atoms with van der Waals surface area (Å²) in [5, 5.41) is 2.72. The molecule has 0 aliphatic carbocycles. The summed E-state index contributed by atoms with van der Waals surface area (Å²) in [6.07, 6.45) is 1.55. The van der Waals surface area contributed by atoms with Crippen molar-refractivity contribution in [1.82, 2.24) is 0 Å². The molecule has 1 saturated heterocycles. The smallest absolute Gasteiger partial charge is 0.288 e. The van der Waals surface area contributed by atoms with E-state index in [-0.39, 0.29) is 24.2 Å². The molecule has 1 atom stereocenters. The molecule has 0 bridgehead atoms. The normalized spacial score (nSPS) is 16.9. The predicted molar refractivity (Wildman–Crippen MR) is 85.7 cm³/mol. The van der Waals surface area contributed by atoms with Gasteiger partial charge in [0.05, 0.1) is 6.04 Å². The summed E-state index contributed by atoms with van der Waals surface area (Å²) in [5.41, 5.74) is 6.52. The number of thioether (sulfide) groups is 1. The average Bonchev–Trinajstić information content (AvgIpc) is 2.49. The Morgan fingerprint density at radius 3 is 2.41 bits per heavy atom. The molecule has 1 unspecified atom stereocenters. The number of rotatable bonds is 5. The van der Waals surface area contributed by atoms with Gasteiger partial charge in [-0.3, -0.25) is 4.79 Å². The number of amides is 1. The van der Waals surface area contributed by atoms with Gasteiger partial charge in [-0.2, -0.15) is 8.78 Å². The molecule has 0 spiro atoms. The van der Waals surface area contributed by atoms with Crippen LogP contribution in [-0.2, 0) is 9.53 Å². The van der Waals surface area contributed by atoms with Gasteiger partial charge in [-0.1, -0.05) is 11.8 Å². The molecule has 1 aliphatic heterocycles. The highest BCUT2D eigenvalue weighted by molar-refractivity contribution is 7.99. The molecule has 1 fully saturated rings. The Kier molecular flexibility index (Phi) is 8.09. The third-order valence-corrected chi connectivity index (χ3v) is 4.15. The Morgan fingerprint density at radius 2 is 1.86 bits per heavy atom. The van der Waals surface area contributed by atoms with Crippen molar-refractivity contribution >= 4 is 35.8 Å². The third-order valence-electron chi connectivity index (χ3n) is 3.42. The number of hydrogen-bond donors (Lipinski definition) is 2. The summed E-state index contributed by atoms with van der Waals surface area (Å²) in [6.45, 7) is 1.26. The second-order valence-corrected chi connectivity index (χ2v) is 5.93. The molecule has 0 aromatic heterocycles. The lowest BCUT2D eigenvalue weighted by Gasteiger charge is -2.26. The van der Waals surface area contributed by atoms with Crippen molar-refractivity contribution in [3.05, 3.63) is 24.3 Å². The minimum atomic E-state index is -2.45. The van der Waals surface area contributed by atoms with Crippen LogP contribution in [0.25, 0.3) is 0 Å². The van der Waals surface area contributed by atoms with E-state index in [4.69, 9.17) is 10.5 Å². The van der Waals surface area contributed by atoms with Gasteiger partial charge >= 0.3 is 0 Å². The lowest BCUT2D eigenvalue weighted by atomic mass is 9.92. The minimum Gasteiger partial charge on any atom is -0.381 e. The van der Waals surface area contributed by atoms with Crippen molar-refractivity contribution in [2.45, 2.75) is 29.5 Å².